The molecule has 6 heteroatoms. The monoisotopic (exact) mass is 337 g/mol. The summed E-state index contributed by atoms with van der Waals surface area (Å²) in [6.07, 6.45) is 6.66. The highest BCUT2D eigenvalue weighted by molar-refractivity contribution is 7.11. The van der Waals surface area contributed by atoms with Crippen LogP contribution in [0.2, 0.25) is 0 Å². The lowest BCUT2D eigenvalue weighted by molar-refractivity contribution is 0.233. The van der Waals surface area contributed by atoms with Gasteiger partial charge in [-0.15, -0.1) is 11.3 Å². The zero-order valence-electron chi connectivity index (χ0n) is 15.0. The van der Waals surface area contributed by atoms with E-state index in [-0.39, 0.29) is 0 Å². The average molecular weight is 338 g/mol. The minimum absolute atomic E-state index is 0.662. The van der Waals surface area contributed by atoms with Gasteiger partial charge in [0.1, 0.15) is 0 Å². The number of rotatable bonds is 7. The molecule has 0 amide bonds. The van der Waals surface area contributed by atoms with Crippen LogP contribution in [0.4, 0.5) is 0 Å². The second-order valence-corrected chi connectivity index (χ2v) is 7.30. The summed E-state index contributed by atoms with van der Waals surface area (Å²) >= 11 is 1.82. The molecule has 2 heterocycles. The number of hydrogen-bond acceptors (Lipinski definition) is 4. The number of thiazole rings is 1. The molecule has 0 aliphatic carbocycles. The number of nitrogens with zero attached hydrogens (tertiary/aromatic N) is 4. The Morgan fingerprint density at radius 1 is 1.52 bits per heavy atom. The molecule has 1 aromatic heterocycles. The Labute approximate surface area is 144 Å². The van der Waals surface area contributed by atoms with Crippen LogP contribution in [-0.4, -0.2) is 67.1 Å². The molecule has 0 spiro atoms. The Morgan fingerprint density at radius 3 is 3.00 bits per heavy atom. The van der Waals surface area contributed by atoms with Gasteiger partial charge in [-0.2, -0.15) is 0 Å². The van der Waals surface area contributed by atoms with Crippen LogP contribution >= 0.6 is 11.3 Å². The molecule has 1 fully saturated rings. The summed E-state index contributed by atoms with van der Waals surface area (Å²) in [6, 6.07) is 0.662. The first kappa shape index (κ1) is 18.2. The Bertz CT molecular complexity index is 499. The zero-order chi connectivity index (χ0) is 16.7. The first-order chi connectivity index (χ1) is 11.2. The summed E-state index contributed by atoms with van der Waals surface area (Å²) in [5, 5.41) is 4.68. The Balaban J connectivity index is 1.77. The van der Waals surface area contributed by atoms with Crippen molar-refractivity contribution in [3.05, 3.63) is 16.1 Å². The number of hydrogen-bond donors (Lipinski definition) is 1. The van der Waals surface area contributed by atoms with Gasteiger partial charge in [0, 0.05) is 50.7 Å². The molecule has 1 aromatic rings. The van der Waals surface area contributed by atoms with Gasteiger partial charge in [-0.1, -0.05) is 13.8 Å². The predicted molar refractivity (Wildman–Crippen MR) is 99.5 cm³/mol. The first-order valence-electron chi connectivity index (χ1n) is 8.77. The topological polar surface area (TPSA) is 43.8 Å². The molecule has 130 valence electrons. The van der Waals surface area contributed by atoms with E-state index in [0.717, 1.165) is 38.4 Å². The molecule has 5 nitrogen and oxygen atoms in total. The lowest BCUT2D eigenvalue weighted by atomic mass is 10.2. The van der Waals surface area contributed by atoms with Gasteiger partial charge < -0.3 is 10.2 Å². The SMILES string of the molecule is CCc1cnc(CCNC(=NC)N(C)CC2CCCN2CC)s1. The van der Waals surface area contributed by atoms with Crippen molar-refractivity contribution in [1.29, 1.82) is 0 Å². The van der Waals surface area contributed by atoms with Crippen molar-refractivity contribution >= 4 is 17.3 Å². The molecular formula is C17H31N5S. The quantitative estimate of drug-likeness (QED) is 0.612. The molecule has 1 unspecified atom stereocenters. The van der Waals surface area contributed by atoms with Crippen molar-refractivity contribution in [2.24, 2.45) is 4.99 Å². The van der Waals surface area contributed by atoms with Gasteiger partial charge in [0.05, 0.1) is 5.01 Å². The van der Waals surface area contributed by atoms with Crippen LogP contribution in [0.15, 0.2) is 11.2 Å². The highest BCUT2D eigenvalue weighted by atomic mass is 32.1. The van der Waals surface area contributed by atoms with Gasteiger partial charge in [0.15, 0.2) is 5.96 Å². The molecule has 0 aromatic carbocycles. The average Bonchev–Trinajstić information content (AvgIpc) is 3.20. The van der Waals surface area contributed by atoms with Crippen LogP contribution in [-0.2, 0) is 12.8 Å². The maximum Gasteiger partial charge on any atom is 0.193 e. The van der Waals surface area contributed by atoms with E-state index in [1.54, 1.807) is 0 Å². The van der Waals surface area contributed by atoms with Crippen molar-refractivity contribution in [3.63, 3.8) is 0 Å². The van der Waals surface area contributed by atoms with Crippen molar-refractivity contribution < 1.29 is 0 Å². The summed E-state index contributed by atoms with van der Waals surface area (Å²) < 4.78 is 0. The van der Waals surface area contributed by atoms with Crippen molar-refractivity contribution in [1.82, 2.24) is 20.1 Å². The highest BCUT2D eigenvalue weighted by Gasteiger charge is 2.24. The van der Waals surface area contributed by atoms with E-state index in [1.807, 2.05) is 24.6 Å². The normalized spacial score (nSPS) is 19.3. The van der Waals surface area contributed by atoms with Crippen LogP contribution in [0.1, 0.15) is 36.6 Å². The molecule has 1 aliphatic heterocycles. The lowest BCUT2D eigenvalue weighted by Crippen LogP contribution is -2.46. The van der Waals surface area contributed by atoms with Gasteiger partial charge in [0.25, 0.3) is 0 Å². The summed E-state index contributed by atoms with van der Waals surface area (Å²) in [4.78, 5) is 15.1. The van der Waals surface area contributed by atoms with Crippen LogP contribution in [0.5, 0.6) is 0 Å². The molecule has 0 radical (unpaired) electrons. The number of aromatic nitrogens is 1. The number of aryl methyl sites for hydroxylation is 1. The molecular weight excluding hydrogens is 306 g/mol. The van der Waals surface area contributed by atoms with Gasteiger partial charge in [0.2, 0.25) is 0 Å². The van der Waals surface area contributed by atoms with Gasteiger partial charge in [-0.05, 0) is 32.4 Å². The van der Waals surface area contributed by atoms with Crippen LogP contribution in [0.3, 0.4) is 0 Å². The molecule has 2 rings (SSSR count). The van der Waals surface area contributed by atoms with Crippen LogP contribution < -0.4 is 5.32 Å². The summed E-state index contributed by atoms with van der Waals surface area (Å²) in [6.45, 7) is 8.75. The fraction of sp³-hybridized carbons (Fsp3) is 0.765. The summed E-state index contributed by atoms with van der Waals surface area (Å²) in [5.74, 6) is 0.986. The number of likely N-dealkylation sites (tertiary alicyclic amines) is 1. The second-order valence-electron chi connectivity index (χ2n) is 6.10. The Hall–Kier alpha value is -1.14. The van der Waals surface area contributed by atoms with E-state index in [1.165, 1.54) is 29.3 Å². The van der Waals surface area contributed by atoms with Crippen LogP contribution in [0.25, 0.3) is 0 Å². The standard InChI is InChI=1S/C17H31N5S/c1-5-15-12-20-16(23-15)9-10-19-17(18-3)21(4)13-14-8-7-11-22(14)6-2/h12,14H,5-11,13H2,1-4H3,(H,18,19). The second kappa shape index (κ2) is 9.23. The van der Waals surface area contributed by atoms with E-state index < -0.39 is 0 Å². The largest absolute Gasteiger partial charge is 0.356 e. The number of likely N-dealkylation sites (N-methyl/N-ethyl adjacent to an activating group) is 2. The smallest absolute Gasteiger partial charge is 0.193 e. The minimum atomic E-state index is 0.662. The fourth-order valence-corrected chi connectivity index (χ4v) is 4.08. The highest BCUT2D eigenvalue weighted by Crippen LogP contribution is 2.17. The Kier molecular flexibility index (Phi) is 7.30. The molecule has 0 bridgehead atoms. The third-order valence-electron chi connectivity index (χ3n) is 4.54. The number of guanidine groups is 1. The van der Waals surface area contributed by atoms with Crippen LogP contribution in [0, 0.1) is 0 Å². The number of aliphatic imine (C=N–C) groups is 1. The number of nitrogens with one attached hydrogen (secondary N) is 1. The van der Waals surface area contributed by atoms with Gasteiger partial charge in [-0.3, -0.25) is 9.89 Å². The lowest BCUT2D eigenvalue weighted by Gasteiger charge is -2.29. The summed E-state index contributed by atoms with van der Waals surface area (Å²) in [7, 11) is 4.00. The van der Waals surface area contributed by atoms with Crippen molar-refractivity contribution in [3.8, 4) is 0 Å². The van der Waals surface area contributed by atoms with E-state index in [0.29, 0.717) is 6.04 Å². The fourth-order valence-electron chi connectivity index (χ4n) is 3.21. The molecule has 1 N–H and O–H groups in total. The maximum absolute atomic E-state index is 4.48. The third-order valence-corrected chi connectivity index (χ3v) is 5.74. The minimum Gasteiger partial charge on any atom is -0.356 e. The van der Waals surface area contributed by atoms with Gasteiger partial charge in [-0.25, -0.2) is 4.98 Å². The van der Waals surface area contributed by atoms with Crippen molar-refractivity contribution in [2.45, 2.75) is 45.6 Å². The van der Waals surface area contributed by atoms with E-state index in [4.69, 9.17) is 0 Å². The molecule has 23 heavy (non-hydrogen) atoms. The third kappa shape index (κ3) is 5.18. The zero-order valence-corrected chi connectivity index (χ0v) is 15.8. The summed E-state index contributed by atoms with van der Waals surface area (Å²) in [5.41, 5.74) is 0. The van der Waals surface area contributed by atoms with Crippen molar-refractivity contribution in [2.75, 3.05) is 40.3 Å². The first-order valence-corrected chi connectivity index (χ1v) is 9.59. The molecule has 0 saturated carbocycles. The van der Waals surface area contributed by atoms with E-state index in [9.17, 15) is 0 Å². The predicted octanol–water partition coefficient (Wildman–Crippen LogP) is 2.24. The molecule has 1 atom stereocenters. The van der Waals surface area contributed by atoms with E-state index in [2.05, 4.69) is 46.0 Å². The molecule has 1 saturated heterocycles. The Morgan fingerprint density at radius 2 is 2.35 bits per heavy atom. The maximum atomic E-state index is 4.48. The van der Waals surface area contributed by atoms with Gasteiger partial charge >= 0.3 is 0 Å². The van der Waals surface area contributed by atoms with E-state index >= 15 is 0 Å². The molecule has 1 aliphatic rings.